The average Bonchev–Trinajstić information content (AvgIpc) is 3.23. The Kier molecular flexibility index (Phi) is 7.90. The van der Waals surface area contributed by atoms with Gasteiger partial charge in [0.2, 0.25) is 0 Å². The molecule has 0 aromatic heterocycles. The Labute approximate surface area is 188 Å². The molecule has 1 fully saturated rings. The summed E-state index contributed by atoms with van der Waals surface area (Å²) >= 11 is 6.73. The van der Waals surface area contributed by atoms with E-state index in [1.165, 1.54) is 0 Å². The van der Waals surface area contributed by atoms with Crippen molar-refractivity contribution in [1.29, 1.82) is 0 Å². The van der Waals surface area contributed by atoms with Crippen molar-refractivity contribution in [3.05, 3.63) is 68.6 Å². The molecule has 2 aromatic rings. The number of benzene rings is 2. The molecule has 0 aliphatic heterocycles. The number of rotatable bonds is 7. The van der Waals surface area contributed by atoms with Crippen molar-refractivity contribution < 1.29 is 19.1 Å². The SMILES string of the molecule is C[C@@H](C[C@@H](OC(=O)c1ccc(Br)cc1)C1CCCC1)OC(=O)c1ccc(Br)cc1. The van der Waals surface area contributed by atoms with Crippen molar-refractivity contribution in [3.8, 4) is 0 Å². The highest BCUT2D eigenvalue weighted by atomic mass is 79.9. The molecule has 0 spiro atoms. The lowest BCUT2D eigenvalue weighted by atomic mass is 9.96. The van der Waals surface area contributed by atoms with E-state index in [0.717, 1.165) is 34.6 Å². The van der Waals surface area contributed by atoms with E-state index in [9.17, 15) is 9.59 Å². The van der Waals surface area contributed by atoms with E-state index in [1.807, 2.05) is 31.2 Å². The molecule has 3 rings (SSSR count). The summed E-state index contributed by atoms with van der Waals surface area (Å²) in [5.41, 5.74) is 1.03. The molecule has 2 aromatic carbocycles. The van der Waals surface area contributed by atoms with E-state index in [2.05, 4.69) is 31.9 Å². The zero-order valence-electron chi connectivity index (χ0n) is 16.3. The summed E-state index contributed by atoms with van der Waals surface area (Å²) in [5.74, 6) is -0.390. The number of esters is 2. The Morgan fingerprint density at radius 3 is 1.79 bits per heavy atom. The van der Waals surface area contributed by atoms with Crippen LogP contribution in [0.25, 0.3) is 0 Å². The minimum absolute atomic E-state index is 0.263. The summed E-state index contributed by atoms with van der Waals surface area (Å²) in [4.78, 5) is 25.0. The van der Waals surface area contributed by atoms with Crippen LogP contribution >= 0.6 is 31.9 Å². The van der Waals surface area contributed by atoms with Gasteiger partial charge in [-0.05, 0) is 74.2 Å². The van der Waals surface area contributed by atoms with Gasteiger partial charge in [-0.3, -0.25) is 0 Å². The molecule has 0 saturated heterocycles. The molecule has 4 nitrogen and oxygen atoms in total. The average molecular weight is 524 g/mol. The molecule has 2 atom stereocenters. The number of carbonyl (C=O) groups excluding carboxylic acids is 2. The van der Waals surface area contributed by atoms with Crippen LogP contribution in [0.15, 0.2) is 57.5 Å². The molecule has 0 amide bonds. The first-order valence-electron chi connectivity index (χ1n) is 9.85. The van der Waals surface area contributed by atoms with E-state index in [4.69, 9.17) is 9.47 Å². The highest BCUT2D eigenvalue weighted by molar-refractivity contribution is 9.10. The molecule has 29 heavy (non-hydrogen) atoms. The third-order valence-corrected chi connectivity index (χ3v) is 6.27. The number of hydrogen-bond donors (Lipinski definition) is 0. The Balaban J connectivity index is 1.63. The van der Waals surface area contributed by atoms with Crippen LogP contribution in [0.4, 0.5) is 0 Å². The fraction of sp³-hybridized carbons (Fsp3) is 0.391. The van der Waals surface area contributed by atoms with Crippen molar-refractivity contribution in [1.82, 2.24) is 0 Å². The largest absolute Gasteiger partial charge is 0.459 e. The number of halogens is 2. The Morgan fingerprint density at radius 1 is 0.862 bits per heavy atom. The van der Waals surface area contributed by atoms with Gasteiger partial charge in [0.15, 0.2) is 0 Å². The van der Waals surface area contributed by atoms with Crippen molar-refractivity contribution >= 4 is 43.8 Å². The van der Waals surface area contributed by atoms with Gasteiger partial charge < -0.3 is 9.47 Å². The smallest absolute Gasteiger partial charge is 0.338 e. The van der Waals surface area contributed by atoms with Gasteiger partial charge in [-0.25, -0.2) is 9.59 Å². The summed E-state index contributed by atoms with van der Waals surface area (Å²) in [7, 11) is 0. The van der Waals surface area contributed by atoms with Gasteiger partial charge in [0, 0.05) is 15.4 Å². The first-order valence-corrected chi connectivity index (χ1v) is 11.4. The molecule has 0 N–H and O–H groups in total. The Morgan fingerprint density at radius 2 is 1.31 bits per heavy atom. The van der Waals surface area contributed by atoms with Crippen LogP contribution in [0.5, 0.6) is 0 Å². The summed E-state index contributed by atoms with van der Waals surface area (Å²) in [6.07, 6.45) is 4.23. The first-order chi connectivity index (χ1) is 13.9. The Hall–Kier alpha value is -1.66. The highest BCUT2D eigenvalue weighted by Gasteiger charge is 2.31. The van der Waals surface area contributed by atoms with E-state index in [1.54, 1.807) is 24.3 Å². The normalized spacial score (nSPS) is 16.2. The van der Waals surface area contributed by atoms with Crippen molar-refractivity contribution in [2.75, 3.05) is 0 Å². The third kappa shape index (κ3) is 6.41. The lowest BCUT2D eigenvalue weighted by molar-refractivity contribution is -0.0115. The molecule has 1 aliphatic carbocycles. The fourth-order valence-corrected chi connectivity index (χ4v) is 4.20. The van der Waals surface area contributed by atoms with Crippen LogP contribution in [-0.2, 0) is 9.47 Å². The maximum atomic E-state index is 12.6. The first kappa shape index (κ1) is 22.0. The van der Waals surface area contributed by atoms with Crippen LogP contribution in [0.1, 0.15) is 59.7 Å². The fourth-order valence-electron chi connectivity index (χ4n) is 3.67. The second kappa shape index (κ2) is 10.4. The van der Waals surface area contributed by atoms with E-state index >= 15 is 0 Å². The molecule has 0 heterocycles. The topological polar surface area (TPSA) is 52.6 Å². The predicted octanol–water partition coefficient (Wildman–Crippen LogP) is 6.56. The van der Waals surface area contributed by atoms with Gasteiger partial charge in [0.05, 0.1) is 11.1 Å². The van der Waals surface area contributed by atoms with Gasteiger partial charge in [-0.15, -0.1) is 0 Å². The number of hydrogen-bond acceptors (Lipinski definition) is 4. The molecular formula is C23H24Br2O4. The maximum Gasteiger partial charge on any atom is 0.338 e. The molecule has 6 heteroatoms. The second-order valence-electron chi connectivity index (χ2n) is 7.45. The van der Waals surface area contributed by atoms with Crippen LogP contribution in [-0.4, -0.2) is 24.1 Å². The molecule has 154 valence electrons. The summed E-state index contributed by atoms with van der Waals surface area (Å²) in [6.45, 7) is 1.85. The van der Waals surface area contributed by atoms with Crippen LogP contribution in [0.3, 0.4) is 0 Å². The van der Waals surface area contributed by atoms with Gasteiger partial charge in [0.1, 0.15) is 12.2 Å². The molecular weight excluding hydrogens is 500 g/mol. The van der Waals surface area contributed by atoms with E-state index in [0.29, 0.717) is 23.5 Å². The summed E-state index contributed by atoms with van der Waals surface area (Å²) in [6, 6.07) is 14.2. The lowest BCUT2D eigenvalue weighted by Gasteiger charge is -2.26. The predicted molar refractivity (Wildman–Crippen MR) is 119 cm³/mol. The summed E-state index contributed by atoms with van der Waals surface area (Å²) < 4.78 is 13.3. The van der Waals surface area contributed by atoms with Crippen LogP contribution in [0.2, 0.25) is 0 Å². The van der Waals surface area contributed by atoms with Crippen molar-refractivity contribution in [2.24, 2.45) is 5.92 Å². The number of ether oxygens (including phenoxy) is 2. The minimum Gasteiger partial charge on any atom is -0.459 e. The zero-order chi connectivity index (χ0) is 20.8. The number of carbonyl (C=O) groups is 2. The molecule has 0 unspecified atom stereocenters. The second-order valence-corrected chi connectivity index (χ2v) is 9.29. The zero-order valence-corrected chi connectivity index (χ0v) is 19.4. The summed E-state index contributed by atoms with van der Waals surface area (Å²) in [5, 5.41) is 0. The van der Waals surface area contributed by atoms with Crippen LogP contribution < -0.4 is 0 Å². The van der Waals surface area contributed by atoms with Gasteiger partial charge in [-0.2, -0.15) is 0 Å². The van der Waals surface area contributed by atoms with Crippen molar-refractivity contribution in [2.45, 2.75) is 51.2 Å². The molecule has 1 saturated carbocycles. The van der Waals surface area contributed by atoms with E-state index in [-0.39, 0.29) is 24.1 Å². The molecule has 0 radical (unpaired) electrons. The minimum atomic E-state index is -0.366. The Bertz CT molecular complexity index is 827. The maximum absolute atomic E-state index is 12.6. The molecule has 1 aliphatic rings. The lowest BCUT2D eigenvalue weighted by Crippen LogP contribution is -2.31. The highest BCUT2D eigenvalue weighted by Crippen LogP contribution is 2.32. The standard InChI is InChI=1S/C23H24Br2O4/c1-15(28-22(26)17-6-10-19(24)11-7-17)14-21(16-4-2-3-5-16)29-23(27)18-8-12-20(25)13-9-18/h6-13,15-16,21H,2-5,14H2,1H3/t15-,21+/m0/s1. The monoisotopic (exact) mass is 522 g/mol. The van der Waals surface area contributed by atoms with Gasteiger partial charge in [-0.1, -0.05) is 44.7 Å². The molecule has 0 bridgehead atoms. The van der Waals surface area contributed by atoms with Gasteiger partial charge in [0.25, 0.3) is 0 Å². The van der Waals surface area contributed by atoms with E-state index < -0.39 is 0 Å². The van der Waals surface area contributed by atoms with Gasteiger partial charge >= 0.3 is 11.9 Å². The quantitative estimate of drug-likeness (QED) is 0.385. The van der Waals surface area contributed by atoms with Crippen LogP contribution in [0, 0.1) is 5.92 Å². The third-order valence-electron chi connectivity index (χ3n) is 5.22. The van der Waals surface area contributed by atoms with Crippen molar-refractivity contribution in [3.63, 3.8) is 0 Å².